The van der Waals surface area contributed by atoms with Crippen molar-refractivity contribution in [3.8, 4) is 0 Å². The molecule has 2 amide bonds. The van der Waals surface area contributed by atoms with E-state index < -0.39 is 27.9 Å². The summed E-state index contributed by atoms with van der Waals surface area (Å²) in [6.45, 7) is 0.239. The number of hydrogen-bond acceptors (Lipinski definition) is 7. The number of nitrogens with zero attached hydrogens (tertiary/aromatic N) is 1. The number of aryl methyl sites for hydroxylation is 1. The van der Waals surface area contributed by atoms with Gasteiger partial charge in [0.1, 0.15) is 12.3 Å². The number of benzene rings is 2. The minimum Gasteiger partial charge on any atom is -0.353 e. The number of hydrogen-bond donors (Lipinski definition) is 2. The van der Waals surface area contributed by atoms with E-state index in [2.05, 4.69) is 10.6 Å². The zero-order valence-electron chi connectivity index (χ0n) is 22.1. The molecule has 12 heteroatoms. The van der Waals surface area contributed by atoms with Crippen LogP contribution < -0.4 is 10.6 Å². The normalized spacial score (nSPS) is 21.3. The van der Waals surface area contributed by atoms with Crippen LogP contribution >= 0.6 is 33.2 Å². The van der Waals surface area contributed by atoms with Crippen LogP contribution in [-0.2, 0) is 37.2 Å². The third-order valence-electron chi connectivity index (χ3n) is 7.05. The Morgan fingerprint density at radius 3 is 2.48 bits per heavy atom. The molecule has 2 aromatic rings. The third kappa shape index (κ3) is 8.03. The van der Waals surface area contributed by atoms with Gasteiger partial charge < -0.3 is 15.4 Å². The summed E-state index contributed by atoms with van der Waals surface area (Å²) < 4.78 is 27.5. The Morgan fingerprint density at radius 1 is 1.10 bits per heavy atom. The number of fused-ring (bicyclic) bond motifs is 1. The van der Waals surface area contributed by atoms with Crippen molar-refractivity contribution in [1.29, 1.82) is 0 Å². The Bertz CT molecular complexity index is 1290. The highest BCUT2D eigenvalue weighted by Gasteiger charge is 2.40. The molecule has 2 aromatic carbocycles. The van der Waals surface area contributed by atoms with E-state index in [1.807, 2.05) is 39.8 Å². The van der Waals surface area contributed by atoms with Gasteiger partial charge in [0.2, 0.25) is 21.8 Å². The van der Waals surface area contributed by atoms with Crippen LogP contribution in [0, 0.1) is 0 Å². The second-order valence-corrected chi connectivity index (χ2v) is 14.9. The summed E-state index contributed by atoms with van der Waals surface area (Å²) in [5, 5.41) is 6.05. The average Bonchev–Trinajstić information content (AvgIpc) is 2.96. The fraction of sp³-hybridized carbons (Fsp3) is 0.464. The van der Waals surface area contributed by atoms with Crippen LogP contribution in [0.3, 0.4) is 0 Å². The van der Waals surface area contributed by atoms with Crippen molar-refractivity contribution in [3.63, 3.8) is 0 Å². The number of sulfonamides is 1. The smallest absolute Gasteiger partial charge is 0.243 e. The third-order valence-corrected chi connectivity index (χ3v) is 11.8. The van der Waals surface area contributed by atoms with E-state index >= 15 is 0 Å². The summed E-state index contributed by atoms with van der Waals surface area (Å²) in [4.78, 5) is 36.4. The van der Waals surface area contributed by atoms with Crippen LogP contribution in [0.25, 0.3) is 0 Å². The van der Waals surface area contributed by atoms with E-state index in [0.717, 1.165) is 46.5 Å². The maximum atomic E-state index is 13.2. The van der Waals surface area contributed by atoms with Gasteiger partial charge in [0.05, 0.1) is 17.4 Å². The molecule has 5 rings (SSSR count). The highest BCUT2D eigenvalue weighted by molar-refractivity contribution is 8.76. The summed E-state index contributed by atoms with van der Waals surface area (Å²) in [5.41, 5.74) is 3.02. The first-order valence-electron chi connectivity index (χ1n) is 13.4. The predicted molar refractivity (Wildman–Crippen MR) is 161 cm³/mol. The molecule has 2 fully saturated rings. The van der Waals surface area contributed by atoms with Gasteiger partial charge in [-0.15, -0.1) is 0 Å². The molecular formula is C28H34ClN3O5S3. The number of aldehydes is 1. The molecule has 2 heterocycles. The van der Waals surface area contributed by atoms with Crippen molar-refractivity contribution in [3.05, 3.63) is 64.2 Å². The fourth-order valence-corrected chi connectivity index (χ4v) is 9.03. The first-order valence-corrected chi connectivity index (χ1v) is 17.7. The SMILES string of the molecule is C1CCSSC1.O=CCc1ccc2c(c1)CCC[C@H]2NC(=O)C[C@@H]1C(=O)NCCN1S(=O)(=O)c1ccc(Cl)cc1. The summed E-state index contributed by atoms with van der Waals surface area (Å²) in [5.74, 6) is 1.87. The minimum atomic E-state index is -3.99. The number of rotatable bonds is 7. The molecule has 0 unspecified atom stereocenters. The van der Waals surface area contributed by atoms with Crippen molar-refractivity contribution in [1.82, 2.24) is 14.9 Å². The number of nitrogens with one attached hydrogen (secondary N) is 2. The van der Waals surface area contributed by atoms with E-state index in [4.69, 9.17) is 11.6 Å². The highest BCUT2D eigenvalue weighted by atomic mass is 35.5. The average molecular weight is 624 g/mol. The Labute approximate surface area is 248 Å². The van der Waals surface area contributed by atoms with Crippen molar-refractivity contribution >= 4 is 61.3 Å². The van der Waals surface area contributed by atoms with Crippen LogP contribution in [0.2, 0.25) is 5.02 Å². The number of halogens is 1. The summed E-state index contributed by atoms with van der Waals surface area (Å²) in [7, 11) is 0.0300. The fourth-order valence-electron chi connectivity index (χ4n) is 5.03. The van der Waals surface area contributed by atoms with Crippen LogP contribution in [0.15, 0.2) is 47.4 Å². The Morgan fingerprint density at radius 2 is 1.82 bits per heavy atom. The molecule has 2 saturated heterocycles. The van der Waals surface area contributed by atoms with Crippen molar-refractivity contribution < 1.29 is 22.8 Å². The predicted octanol–water partition coefficient (Wildman–Crippen LogP) is 4.32. The molecule has 0 bridgehead atoms. The van der Waals surface area contributed by atoms with E-state index in [0.29, 0.717) is 11.4 Å². The van der Waals surface area contributed by atoms with Crippen molar-refractivity contribution in [2.45, 2.75) is 61.9 Å². The lowest BCUT2D eigenvalue weighted by Gasteiger charge is -2.34. The van der Waals surface area contributed by atoms with Gasteiger partial charge in [-0.3, -0.25) is 9.59 Å². The molecule has 0 spiro atoms. The van der Waals surface area contributed by atoms with Crippen molar-refractivity contribution in [2.75, 3.05) is 24.6 Å². The second kappa shape index (κ2) is 14.7. The largest absolute Gasteiger partial charge is 0.353 e. The number of carbonyl (C=O) groups excluding carboxylic acids is 3. The van der Waals surface area contributed by atoms with Gasteiger partial charge in [-0.25, -0.2) is 8.42 Å². The quantitative estimate of drug-likeness (QED) is 0.349. The summed E-state index contributed by atoms with van der Waals surface area (Å²) in [6, 6.07) is 10.2. The molecule has 8 nitrogen and oxygen atoms in total. The highest BCUT2D eigenvalue weighted by Crippen LogP contribution is 2.31. The summed E-state index contributed by atoms with van der Waals surface area (Å²) >= 11 is 5.88. The molecule has 0 aromatic heterocycles. The van der Waals surface area contributed by atoms with Crippen molar-refractivity contribution in [2.24, 2.45) is 0 Å². The molecule has 2 N–H and O–H groups in total. The van der Waals surface area contributed by atoms with Crippen LogP contribution in [-0.4, -0.2) is 61.5 Å². The first-order chi connectivity index (χ1) is 19.3. The van der Waals surface area contributed by atoms with Gasteiger partial charge >= 0.3 is 0 Å². The van der Waals surface area contributed by atoms with E-state index in [1.165, 1.54) is 48.6 Å². The van der Waals surface area contributed by atoms with Gasteiger partial charge in [-0.1, -0.05) is 51.4 Å². The van der Waals surface area contributed by atoms with Gasteiger partial charge in [0.25, 0.3) is 0 Å². The molecule has 216 valence electrons. The van der Waals surface area contributed by atoms with Gasteiger partial charge in [0.15, 0.2) is 0 Å². The number of amides is 2. The number of carbonyl (C=O) groups is 3. The number of piperazine rings is 1. The Kier molecular flexibility index (Phi) is 11.4. The summed E-state index contributed by atoms with van der Waals surface area (Å²) in [6.07, 6.45) is 6.30. The van der Waals surface area contributed by atoms with Crippen LogP contribution in [0.5, 0.6) is 0 Å². The zero-order chi connectivity index (χ0) is 28.5. The Balaban J connectivity index is 0.000000546. The van der Waals surface area contributed by atoms with Crippen LogP contribution in [0.1, 0.15) is 54.8 Å². The van der Waals surface area contributed by atoms with Gasteiger partial charge in [-0.05, 0) is 73.1 Å². The van der Waals surface area contributed by atoms with E-state index in [1.54, 1.807) is 0 Å². The lowest BCUT2D eigenvalue weighted by molar-refractivity contribution is -0.132. The molecule has 0 saturated carbocycles. The molecule has 2 aliphatic heterocycles. The lowest BCUT2D eigenvalue weighted by Crippen LogP contribution is -2.58. The van der Waals surface area contributed by atoms with Gasteiger partial charge in [0, 0.05) is 36.0 Å². The first kappa shape index (κ1) is 30.9. The molecule has 3 aliphatic rings. The van der Waals surface area contributed by atoms with Gasteiger partial charge in [-0.2, -0.15) is 4.31 Å². The maximum Gasteiger partial charge on any atom is 0.243 e. The zero-order valence-corrected chi connectivity index (χ0v) is 25.3. The second-order valence-electron chi connectivity index (χ2n) is 9.85. The molecule has 40 heavy (non-hydrogen) atoms. The van der Waals surface area contributed by atoms with E-state index in [9.17, 15) is 22.8 Å². The lowest BCUT2D eigenvalue weighted by atomic mass is 9.86. The Hall–Kier alpha value is -2.05. The molecule has 2 atom stereocenters. The monoisotopic (exact) mass is 623 g/mol. The molecule has 1 aliphatic carbocycles. The topological polar surface area (TPSA) is 113 Å². The standard InChI is InChI=1S/C24H26ClN3O5S.C4H8S2/c25-18-5-7-19(8-6-18)34(32,33)28-12-11-26-24(31)22(28)15-23(30)27-21-3-1-2-17-14-16(10-13-29)4-9-20(17)21;1-2-4-6-5-3-1/h4-9,13-14,21-22H,1-3,10-12,15H2,(H,26,31)(H,27,30);1-4H2/t21-,22-;/m1./s1. The van der Waals surface area contributed by atoms with E-state index in [-0.39, 0.29) is 30.4 Å². The minimum absolute atomic E-state index is 0.0179. The molecular weight excluding hydrogens is 590 g/mol. The maximum absolute atomic E-state index is 13.2. The molecule has 0 radical (unpaired) electrons. The van der Waals surface area contributed by atoms with Crippen LogP contribution in [0.4, 0.5) is 0 Å².